The molecule has 0 bridgehead atoms. The molecule has 1 atom stereocenters. The lowest BCUT2D eigenvalue weighted by atomic mass is 10.0. The van der Waals surface area contributed by atoms with Gasteiger partial charge >= 0.3 is 0 Å². The minimum Gasteiger partial charge on any atom is -0.367 e. The van der Waals surface area contributed by atoms with Gasteiger partial charge in [-0.15, -0.1) is 0 Å². The Kier molecular flexibility index (Phi) is 14.9. The van der Waals surface area contributed by atoms with Crippen LogP contribution in [0.2, 0.25) is 0 Å². The molecule has 1 heterocycles. The first-order valence-corrected chi connectivity index (χ1v) is 13.3. The summed E-state index contributed by atoms with van der Waals surface area (Å²) in [5.74, 6) is 3.13. The zero-order valence-electron chi connectivity index (χ0n) is 21.6. The van der Waals surface area contributed by atoms with Crippen LogP contribution in [0.3, 0.4) is 0 Å². The maximum absolute atomic E-state index is 4.42. The van der Waals surface area contributed by atoms with Crippen LogP contribution in [-0.2, 0) is 0 Å². The Morgan fingerprint density at radius 3 is 1.97 bits per heavy atom. The summed E-state index contributed by atoms with van der Waals surface area (Å²) >= 11 is 1.98. The quantitative estimate of drug-likeness (QED) is 0.211. The van der Waals surface area contributed by atoms with Crippen LogP contribution in [0.5, 0.6) is 0 Å². The molecule has 3 heteroatoms. The van der Waals surface area contributed by atoms with Gasteiger partial charge < -0.3 is 5.32 Å². The molecule has 0 fully saturated rings. The van der Waals surface area contributed by atoms with Gasteiger partial charge in [0.25, 0.3) is 0 Å². The number of anilines is 1. The number of allylic oxidation sites excluding steroid dienone is 7. The monoisotopic (exact) mass is 454 g/mol. The normalized spacial score (nSPS) is 13.8. The fourth-order valence-corrected chi connectivity index (χ4v) is 4.26. The van der Waals surface area contributed by atoms with E-state index in [1.54, 1.807) is 0 Å². The van der Waals surface area contributed by atoms with Crippen molar-refractivity contribution >= 4 is 17.6 Å². The van der Waals surface area contributed by atoms with Crippen LogP contribution in [0.1, 0.15) is 85.6 Å². The Morgan fingerprint density at radius 2 is 1.44 bits per heavy atom. The summed E-state index contributed by atoms with van der Waals surface area (Å²) in [5.41, 5.74) is 7.15. The van der Waals surface area contributed by atoms with Gasteiger partial charge in [-0.05, 0) is 98.6 Å². The third-order valence-corrected chi connectivity index (χ3v) is 6.52. The van der Waals surface area contributed by atoms with Gasteiger partial charge in [0.05, 0.1) is 0 Å². The SMILES string of the molecule is CC(C)=CCC/C(C)=C/CC/C(C)=C/CC/C(C)=C/CSCC(C)Nc1ccc(C)cn1. The van der Waals surface area contributed by atoms with E-state index in [0.29, 0.717) is 6.04 Å². The molecule has 178 valence electrons. The van der Waals surface area contributed by atoms with E-state index in [1.807, 2.05) is 18.0 Å². The Balaban J connectivity index is 2.18. The molecular formula is C29H46N2S. The number of hydrogen-bond acceptors (Lipinski definition) is 3. The molecule has 1 aromatic heterocycles. The summed E-state index contributed by atoms with van der Waals surface area (Å²) in [6, 6.07) is 4.57. The van der Waals surface area contributed by atoms with Crippen LogP contribution in [-0.4, -0.2) is 22.5 Å². The first-order valence-electron chi connectivity index (χ1n) is 12.1. The topological polar surface area (TPSA) is 24.9 Å². The molecule has 32 heavy (non-hydrogen) atoms. The Bertz CT molecular complexity index is 765. The zero-order valence-corrected chi connectivity index (χ0v) is 22.4. The molecule has 1 N–H and O–H groups in total. The molecule has 0 aromatic carbocycles. The zero-order chi connectivity index (χ0) is 23.8. The highest BCUT2D eigenvalue weighted by Gasteiger charge is 2.02. The van der Waals surface area contributed by atoms with Crippen molar-refractivity contribution < 1.29 is 0 Å². The summed E-state index contributed by atoms with van der Waals surface area (Å²) in [6.07, 6.45) is 18.5. The number of rotatable bonds is 15. The summed E-state index contributed by atoms with van der Waals surface area (Å²) in [4.78, 5) is 4.42. The first-order chi connectivity index (χ1) is 15.3. The van der Waals surface area contributed by atoms with Crippen molar-refractivity contribution in [2.24, 2.45) is 0 Å². The van der Waals surface area contributed by atoms with Crippen molar-refractivity contribution in [3.05, 3.63) is 70.5 Å². The summed E-state index contributed by atoms with van der Waals surface area (Å²) < 4.78 is 0. The molecule has 0 aliphatic heterocycles. The number of pyridine rings is 1. The van der Waals surface area contributed by atoms with Gasteiger partial charge in [-0.2, -0.15) is 11.8 Å². The van der Waals surface area contributed by atoms with E-state index >= 15 is 0 Å². The maximum Gasteiger partial charge on any atom is 0.126 e. The highest BCUT2D eigenvalue weighted by molar-refractivity contribution is 7.99. The smallest absolute Gasteiger partial charge is 0.126 e. The van der Waals surface area contributed by atoms with Gasteiger partial charge in [0.1, 0.15) is 5.82 Å². The van der Waals surface area contributed by atoms with E-state index in [2.05, 4.69) is 95.2 Å². The fraction of sp³-hybridized carbons (Fsp3) is 0.552. The molecule has 2 nitrogen and oxygen atoms in total. The Hall–Kier alpha value is -1.74. The van der Waals surface area contributed by atoms with Crippen LogP contribution in [0.15, 0.2) is 64.9 Å². The number of aryl methyl sites for hydroxylation is 1. The van der Waals surface area contributed by atoms with Crippen molar-refractivity contribution in [3.8, 4) is 0 Å². The predicted octanol–water partition coefficient (Wildman–Crippen LogP) is 9.07. The van der Waals surface area contributed by atoms with Gasteiger partial charge in [-0.25, -0.2) is 4.98 Å². The van der Waals surface area contributed by atoms with E-state index < -0.39 is 0 Å². The van der Waals surface area contributed by atoms with Crippen LogP contribution >= 0.6 is 11.8 Å². The second kappa shape index (κ2) is 16.8. The first kappa shape index (κ1) is 28.3. The van der Waals surface area contributed by atoms with Crippen molar-refractivity contribution in [1.82, 2.24) is 4.98 Å². The van der Waals surface area contributed by atoms with E-state index in [1.165, 1.54) is 53.5 Å². The standard InChI is InChI=1S/C29H46N2S/c1-23(2)11-8-12-24(3)13-9-14-25(4)15-10-16-26(5)19-20-32-22-28(7)31-29-18-17-27(6)21-30-29/h11,13,15,17-19,21,28H,8-10,12,14,16,20,22H2,1-7H3,(H,30,31)/b24-13+,25-15+,26-19+. The van der Waals surface area contributed by atoms with E-state index in [9.17, 15) is 0 Å². The minimum atomic E-state index is 0.416. The maximum atomic E-state index is 4.42. The minimum absolute atomic E-state index is 0.416. The van der Waals surface area contributed by atoms with E-state index in [4.69, 9.17) is 0 Å². The number of nitrogens with one attached hydrogen (secondary N) is 1. The third kappa shape index (κ3) is 15.1. The van der Waals surface area contributed by atoms with Crippen LogP contribution in [0, 0.1) is 6.92 Å². The van der Waals surface area contributed by atoms with Gasteiger partial charge in [0, 0.05) is 23.7 Å². The third-order valence-electron chi connectivity index (χ3n) is 5.38. The molecule has 0 saturated carbocycles. The van der Waals surface area contributed by atoms with Gasteiger partial charge in [-0.1, -0.05) is 52.7 Å². The highest BCUT2D eigenvalue weighted by atomic mass is 32.2. The van der Waals surface area contributed by atoms with Gasteiger partial charge in [0.15, 0.2) is 0 Å². The molecule has 0 amide bonds. The molecule has 0 aliphatic rings. The second-order valence-corrected chi connectivity index (χ2v) is 10.4. The Labute approximate surface area is 202 Å². The lowest BCUT2D eigenvalue weighted by Crippen LogP contribution is -2.18. The molecule has 0 radical (unpaired) electrons. The molecule has 1 unspecified atom stereocenters. The van der Waals surface area contributed by atoms with Crippen molar-refractivity contribution in [2.75, 3.05) is 16.8 Å². The van der Waals surface area contributed by atoms with Crippen molar-refractivity contribution in [1.29, 1.82) is 0 Å². The van der Waals surface area contributed by atoms with Crippen LogP contribution < -0.4 is 5.32 Å². The average molecular weight is 455 g/mol. The Morgan fingerprint density at radius 1 is 0.875 bits per heavy atom. The van der Waals surface area contributed by atoms with Crippen molar-refractivity contribution in [2.45, 2.75) is 93.0 Å². The lowest BCUT2D eigenvalue weighted by molar-refractivity contribution is 0.898. The van der Waals surface area contributed by atoms with Gasteiger partial charge in [-0.3, -0.25) is 0 Å². The number of thioether (sulfide) groups is 1. The highest BCUT2D eigenvalue weighted by Crippen LogP contribution is 2.15. The summed E-state index contributed by atoms with van der Waals surface area (Å²) in [7, 11) is 0. The van der Waals surface area contributed by atoms with Crippen molar-refractivity contribution in [3.63, 3.8) is 0 Å². The summed E-state index contributed by atoms with van der Waals surface area (Å²) in [6.45, 7) is 15.4. The molecule has 0 spiro atoms. The van der Waals surface area contributed by atoms with E-state index in [0.717, 1.165) is 30.2 Å². The second-order valence-electron chi connectivity index (χ2n) is 9.35. The molecule has 1 aromatic rings. The van der Waals surface area contributed by atoms with Gasteiger partial charge in [0.2, 0.25) is 0 Å². The predicted molar refractivity (Wildman–Crippen MR) is 148 cm³/mol. The summed E-state index contributed by atoms with van der Waals surface area (Å²) in [5, 5.41) is 3.47. The lowest BCUT2D eigenvalue weighted by Gasteiger charge is -2.13. The van der Waals surface area contributed by atoms with Crippen LogP contribution in [0.4, 0.5) is 5.82 Å². The number of hydrogen-bond donors (Lipinski definition) is 1. The molecule has 0 aliphatic carbocycles. The molecule has 1 rings (SSSR count). The average Bonchev–Trinajstić information content (AvgIpc) is 2.72. The fourth-order valence-electron chi connectivity index (χ4n) is 3.28. The van der Waals surface area contributed by atoms with E-state index in [-0.39, 0.29) is 0 Å². The largest absolute Gasteiger partial charge is 0.367 e. The molecule has 0 saturated heterocycles. The molecular weight excluding hydrogens is 408 g/mol. The number of aromatic nitrogens is 1. The number of nitrogens with zero attached hydrogens (tertiary/aromatic N) is 1. The van der Waals surface area contributed by atoms with Crippen LogP contribution in [0.25, 0.3) is 0 Å².